The van der Waals surface area contributed by atoms with E-state index in [9.17, 15) is 4.79 Å². The summed E-state index contributed by atoms with van der Waals surface area (Å²) in [5.74, 6) is 5.26. The Bertz CT molecular complexity index is 1110. The first-order valence-electron chi connectivity index (χ1n) is 20.2. The van der Waals surface area contributed by atoms with Gasteiger partial charge in [-0.3, -0.25) is 4.79 Å². The molecule has 0 saturated heterocycles. The van der Waals surface area contributed by atoms with Crippen molar-refractivity contribution in [2.75, 3.05) is 0 Å². The molecule has 0 aliphatic heterocycles. The van der Waals surface area contributed by atoms with Gasteiger partial charge < -0.3 is 4.74 Å². The second-order valence-corrected chi connectivity index (χ2v) is 17.0. The fraction of sp³-hybridized carbons (Fsp3) is 0.756. The van der Waals surface area contributed by atoms with E-state index in [1.807, 2.05) is 0 Å². The Labute approximate surface area is 291 Å². The van der Waals surface area contributed by atoms with Gasteiger partial charge in [0.1, 0.15) is 6.10 Å². The van der Waals surface area contributed by atoms with E-state index in [4.69, 9.17) is 4.74 Å². The summed E-state index contributed by atoms with van der Waals surface area (Å²) in [6.07, 6.45) is 42.7. The van der Waals surface area contributed by atoms with Crippen LogP contribution in [0.25, 0.3) is 0 Å². The highest BCUT2D eigenvalue weighted by atomic mass is 16.5. The summed E-state index contributed by atoms with van der Waals surface area (Å²) in [4.78, 5) is 12.8. The van der Waals surface area contributed by atoms with Gasteiger partial charge in [-0.15, -0.1) is 0 Å². The monoisotopic (exact) mass is 645 g/mol. The van der Waals surface area contributed by atoms with Crippen molar-refractivity contribution >= 4 is 5.97 Å². The summed E-state index contributed by atoms with van der Waals surface area (Å²) in [5.41, 5.74) is 2.50. The number of ether oxygens (including phenoxy) is 1. The van der Waals surface area contributed by atoms with Crippen LogP contribution in [-0.2, 0) is 9.53 Å². The smallest absolute Gasteiger partial charge is 0.306 e. The second kappa shape index (κ2) is 18.8. The molecule has 3 saturated carbocycles. The Morgan fingerprint density at radius 2 is 1.55 bits per heavy atom. The molecule has 0 bridgehead atoms. The third kappa shape index (κ3) is 10.3. The predicted molar refractivity (Wildman–Crippen MR) is 202 cm³/mol. The summed E-state index contributed by atoms with van der Waals surface area (Å²) in [6, 6.07) is 0. The fourth-order valence-electron chi connectivity index (χ4n) is 10.7. The van der Waals surface area contributed by atoms with Crippen LogP contribution < -0.4 is 0 Å². The molecular formula is C45H72O2. The fourth-order valence-corrected chi connectivity index (χ4v) is 10.7. The van der Waals surface area contributed by atoms with E-state index in [-0.39, 0.29) is 12.1 Å². The van der Waals surface area contributed by atoms with E-state index in [2.05, 4.69) is 96.2 Å². The van der Waals surface area contributed by atoms with Crippen molar-refractivity contribution in [3.8, 4) is 0 Å². The highest BCUT2D eigenvalue weighted by Crippen LogP contribution is 2.67. The SMILES string of the molecule is CCC=CC=CC=C/C=C\CCCCCCCC(=O)OC1CC[C@@]2(C)C(=CCC3C2CC[C@@]2(C)C3CC[C@@H]2[C@H](C)CCCC(C)C)C1. The van der Waals surface area contributed by atoms with Crippen LogP contribution in [0.3, 0.4) is 0 Å². The number of fused-ring (bicyclic) bond motifs is 5. The Kier molecular flexibility index (Phi) is 15.2. The summed E-state index contributed by atoms with van der Waals surface area (Å²) in [7, 11) is 0. The van der Waals surface area contributed by atoms with Gasteiger partial charge in [-0.25, -0.2) is 0 Å². The van der Waals surface area contributed by atoms with Crippen molar-refractivity contribution in [3.05, 3.63) is 60.3 Å². The number of unbranched alkanes of at least 4 members (excludes halogenated alkanes) is 5. The predicted octanol–water partition coefficient (Wildman–Crippen LogP) is 13.3. The zero-order valence-electron chi connectivity index (χ0n) is 31.5. The molecule has 0 amide bonds. The van der Waals surface area contributed by atoms with Gasteiger partial charge in [0.05, 0.1) is 0 Å². The molecule has 4 rings (SSSR count). The molecule has 0 heterocycles. The van der Waals surface area contributed by atoms with E-state index in [0.29, 0.717) is 17.3 Å². The van der Waals surface area contributed by atoms with Crippen LogP contribution in [0, 0.1) is 46.3 Å². The normalized spacial score (nSPS) is 33.1. The van der Waals surface area contributed by atoms with E-state index < -0.39 is 0 Å². The largest absolute Gasteiger partial charge is 0.462 e. The maximum absolute atomic E-state index is 12.8. The van der Waals surface area contributed by atoms with Crippen molar-refractivity contribution in [3.63, 3.8) is 0 Å². The molecule has 0 N–H and O–H groups in total. The molecule has 47 heavy (non-hydrogen) atoms. The van der Waals surface area contributed by atoms with Gasteiger partial charge in [-0.05, 0) is 117 Å². The van der Waals surface area contributed by atoms with Crippen LogP contribution in [0.2, 0.25) is 0 Å². The lowest BCUT2D eigenvalue weighted by atomic mass is 9.47. The highest BCUT2D eigenvalue weighted by Gasteiger charge is 2.59. The molecule has 0 aromatic heterocycles. The minimum atomic E-state index is 0.0368. The van der Waals surface area contributed by atoms with Crippen molar-refractivity contribution in [2.45, 2.75) is 170 Å². The molecule has 8 atom stereocenters. The van der Waals surface area contributed by atoms with Crippen molar-refractivity contribution < 1.29 is 9.53 Å². The topological polar surface area (TPSA) is 26.3 Å². The molecule has 264 valence electrons. The Hall–Kier alpha value is -1.83. The quantitative estimate of drug-likeness (QED) is 0.0642. The van der Waals surface area contributed by atoms with Crippen molar-refractivity contribution in [1.82, 2.24) is 0 Å². The van der Waals surface area contributed by atoms with E-state index >= 15 is 0 Å². The lowest BCUT2D eigenvalue weighted by molar-refractivity contribution is -0.151. The average Bonchev–Trinajstić information content (AvgIpc) is 3.40. The molecule has 4 unspecified atom stereocenters. The number of hydrogen-bond acceptors (Lipinski definition) is 2. The molecule has 3 fully saturated rings. The second-order valence-electron chi connectivity index (χ2n) is 17.0. The maximum atomic E-state index is 12.8. The van der Waals surface area contributed by atoms with Crippen molar-refractivity contribution in [2.24, 2.45) is 46.3 Å². The molecule has 0 radical (unpaired) electrons. The first-order chi connectivity index (χ1) is 22.7. The maximum Gasteiger partial charge on any atom is 0.306 e. The molecule has 0 aromatic carbocycles. The lowest BCUT2D eigenvalue weighted by Crippen LogP contribution is -2.51. The summed E-state index contributed by atoms with van der Waals surface area (Å²) in [5, 5.41) is 0. The molecule has 2 heteroatoms. The van der Waals surface area contributed by atoms with Crippen molar-refractivity contribution in [1.29, 1.82) is 0 Å². The molecule has 2 nitrogen and oxygen atoms in total. The van der Waals surface area contributed by atoms with Gasteiger partial charge in [0.25, 0.3) is 0 Å². The van der Waals surface area contributed by atoms with Crippen LogP contribution >= 0.6 is 0 Å². The van der Waals surface area contributed by atoms with E-state index in [1.165, 1.54) is 77.0 Å². The number of carbonyl (C=O) groups excluding carboxylic acids is 1. The molecule has 4 aliphatic rings. The first kappa shape index (κ1) is 38.0. The van der Waals surface area contributed by atoms with Gasteiger partial charge in [0, 0.05) is 12.8 Å². The Morgan fingerprint density at radius 1 is 0.830 bits per heavy atom. The standard InChI is InChI=1S/C45H72O2/c1-7-8-9-10-11-12-13-14-15-16-17-18-19-20-21-25-43(46)47-38-30-32-44(5)37(34-38)26-27-39-41-29-28-40(36(4)24-22-23-35(2)3)45(41,6)33-31-42(39)44/h8-15,26,35-36,38-42H,7,16-25,27-34H2,1-6H3/b9-8?,11-10?,13-12?,15-14-/t36-,38?,39?,40-,41?,42?,44+,45-/m1/s1. The summed E-state index contributed by atoms with van der Waals surface area (Å²) < 4.78 is 6.11. The number of hydrogen-bond donors (Lipinski definition) is 0. The summed E-state index contributed by atoms with van der Waals surface area (Å²) in [6.45, 7) is 14.8. The average molecular weight is 645 g/mol. The number of rotatable bonds is 18. The van der Waals surface area contributed by atoms with Gasteiger partial charge in [0.2, 0.25) is 0 Å². The molecule has 4 aliphatic carbocycles. The molecular weight excluding hydrogens is 572 g/mol. The summed E-state index contributed by atoms with van der Waals surface area (Å²) >= 11 is 0. The lowest BCUT2D eigenvalue weighted by Gasteiger charge is -2.58. The molecule has 0 spiro atoms. The van der Waals surface area contributed by atoms with Crippen LogP contribution in [0.1, 0.15) is 164 Å². The van der Waals surface area contributed by atoms with Crippen LogP contribution in [0.15, 0.2) is 60.3 Å². The number of carbonyl (C=O) groups is 1. The van der Waals surface area contributed by atoms with Gasteiger partial charge in [-0.2, -0.15) is 0 Å². The highest BCUT2D eigenvalue weighted by molar-refractivity contribution is 5.69. The first-order valence-corrected chi connectivity index (χ1v) is 20.2. The number of esters is 1. The Balaban J connectivity index is 1.14. The van der Waals surface area contributed by atoms with Crippen LogP contribution in [0.5, 0.6) is 0 Å². The zero-order chi connectivity index (χ0) is 33.7. The third-order valence-electron chi connectivity index (χ3n) is 13.4. The number of allylic oxidation sites excluding steroid dienone is 9. The Morgan fingerprint density at radius 3 is 2.32 bits per heavy atom. The van der Waals surface area contributed by atoms with Crippen LogP contribution in [0.4, 0.5) is 0 Å². The zero-order valence-corrected chi connectivity index (χ0v) is 31.5. The van der Waals surface area contributed by atoms with Gasteiger partial charge >= 0.3 is 5.97 Å². The van der Waals surface area contributed by atoms with E-state index in [1.54, 1.807) is 5.57 Å². The third-order valence-corrected chi connectivity index (χ3v) is 13.4. The van der Waals surface area contributed by atoms with E-state index in [0.717, 1.165) is 74.0 Å². The minimum Gasteiger partial charge on any atom is -0.462 e. The van der Waals surface area contributed by atoms with Crippen LogP contribution in [-0.4, -0.2) is 12.1 Å². The molecule has 0 aromatic rings. The van der Waals surface area contributed by atoms with Gasteiger partial charge in [0.15, 0.2) is 0 Å². The minimum absolute atomic E-state index is 0.0368. The van der Waals surface area contributed by atoms with Gasteiger partial charge in [-0.1, -0.05) is 140 Å².